The smallest absolute Gasteiger partial charge is 0.272 e. The minimum atomic E-state index is -4.01. The van der Waals surface area contributed by atoms with Crippen molar-refractivity contribution < 1.29 is 42.0 Å². The minimum Gasteiger partial charge on any atom is -0.543 e. The lowest BCUT2D eigenvalue weighted by atomic mass is 9.92. The van der Waals surface area contributed by atoms with Crippen molar-refractivity contribution in [1.82, 2.24) is 4.90 Å². The molecule has 4 saturated heterocycles. The lowest BCUT2D eigenvalue weighted by molar-refractivity contribution is -1.08. The number of carbonyl (C=O) groups is 3. The Kier molecular flexibility index (Phi) is 6.03. The van der Waals surface area contributed by atoms with Crippen molar-refractivity contribution in [3.63, 3.8) is 0 Å². The van der Waals surface area contributed by atoms with Crippen molar-refractivity contribution in [2.75, 3.05) is 56.7 Å². The Morgan fingerprint density at radius 3 is 2.40 bits per heavy atom. The summed E-state index contributed by atoms with van der Waals surface area (Å²) in [6, 6.07) is 9.01. The maximum atomic E-state index is 13.9. The van der Waals surface area contributed by atoms with E-state index in [2.05, 4.69) is 0 Å². The van der Waals surface area contributed by atoms with E-state index in [1.807, 2.05) is 18.2 Å². The molecule has 12 nitrogen and oxygen atoms in total. The second kappa shape index (κ2) is 9.16. The number of benzene rings is 2. The number of nitrogens with two attached hydrogens (primary N) is 1. The largest absolute Gasteiger partial charge is 0.543 e. The first kappa shape index (κ1) is 27.7. The first-order chi connectivity index (χ1) is 19.9. The van der Waals surface area contributed by atoms with Crippen LogP contribution >= 0.6 is 11.8 Å². The fraction of sp³-hybridized carbons (Fsp3) is 0.464. The van der Waals surface area contributed by atoms with Gasteiger partial charge in [-0.1, -0.05) is 30.0 Å². The summed E-state index contributed by atoms with van der Waals surface area (Å²) in [6.07, 6.45) is -0.967. The van der Waals surface area contributed by atoms with Gasteiger partial charge in [-0.3, -0.25) is 18.8 Å². The Balaban J connectivity index is 1.21. The van der Waals surface area contributed by atoms with Gasteiger partial charge in [-0.2, -0.15) is 0 Å². The van der Waals surface area contributed by atoms with Crippen LogP contribution in [-0.4, -0.2) is 109 Å². The number of carboxylic acid groups (broad SMARTS) is 1. The molecule has 2 aromatic rings. The number of hydrogen-bond acceptors (Lipinski definition) is 8. The number of quaternary nitrogens is 2. The highest BCUT2D eigenvalue weighted by Gasteiger charge is 2.57. The van der Waals surface area contributed by atoms with Crippen molar-refractivity contribution in [1.29, 1.82) is 0 Å². The van der Waals surface area contributed by atoms with Gasteiger partial charge in [-0.15, -0.1) is 0 Å². The fourth-order valence-corrected chi connectivity index (χ4v) is 10.9. The number of anilines is 1. The average molecular weight is 615 g/mol. The number of primary amides is 1. The van der Waals surface area contributed by atoms with Crippen molar-refractivity contribution in [2.45, 2.75) is 29.8 Å². The summed E-state index contributed by atoms with van der Waals surface area (Å²) in [5, 5.41) is 23.0. The highest BCUT2D eigenvalue weighted by Crippen LogP contribution is 2.52. The van der Waals surface area contributed by atoms with Crippen LogP contribution in [0.2, 0.25) is 0 Å². The van der Waals surface area contributed by atoms with Crippen molar-refractivity contribution >= 4 is 56.0 Å². The Hall–Kier alpha value is -3.17. The summed E-state index contributed by atoms with van der Waals surface area (Å²) in [7, 11) is -4.01. The average Bonchev–Trinajstić information content (AvgIpc) is 3.36. The molecular weight excluding hydrogens is 582 g/mol. The number of carboxylic acids is 1. The Morgan fingerprint density at radius 1 is 1.12 bits per heavy atom. The molecular formula is C28H32N5O7S2+. The van der Waals surface area contributed by atoms with Crippen LogP contribution in [0.5, 0.6) is 0 Å². The minimum absolute atomic E-state index is 0.172. The summed E-state index contributed by atoms with van der Waals surface area (Å²) >= 11 is 1.09. The molecule has 0 aliphatic carbocycles. The van der Waals surface area contributed by atoms with Gasteiger partial charge in [-0.25, -0.2) is 8.42 Å². The van der Waals surface area contributed by atoms with Crippen LogP contribution in [0.4, 0.5) is 5.69 Å². The van der Waals surface area contributed by atoms with Gasteiger partial charge in [-0.05, 0) is 24.4 Å². The number of aliphatic hydroxyl groups excluding tert-OH is 1. The van der Waals surface area contributed by atoms with Gasteiger partial charge in [0.1, 0.15) is 51.2 Å². The highest BCUT2D eigenvalue weighted by molar-refractivity contribution is 8.04. The first-order valence-corrected chi connectivity index (χ1v) is 16.4. The van der Waals surface area contributed by atoms with E-state index in [0.29, 0.717) is 17.6 Å². The summed E-state index contributed by atoms with van der Waals surface area (Å²) < 4.78 is 30.6. The predicted molar refractivity (Wildman–Crippen MR) is 151 cm³/mol. The highest BCUT2D eigenvalue weighted by atomic mass is 32.2. The number of thioether (sulfide) groups is 1. The summed E-state index contributed by atoms with van der Waals surface area (Å²) in [6.45, 7) is 7.74. The Bertz CT molecular complexity index is 1700. The molecule has 2 aromatic carbocycles. The Labute approximate surface area is 247 Å². The third-order valence-electron chi connectivity index (χ3n) is 9.90. The summed E-state index contributed by atoms with van der Waals surface area (Å²) in [5.41, 5.74) is 6.71. The first-order valence-electron chi connectivity index (χ1n) is 14.0. The van der Waals surface area contributed by atoms with Gasteiger partial charge >= 0.3 is 0 Å². The molecule has 8 rings (SSSR count). The van der Waals surface area contributed by atoms with E-state index >= 15 is 0 Å². The topological polar surface area (TPSA) is 161 Å². The molecule has 3 unspecified atom stereocenters. The van der Waals surface area contributed by atoms with E-state index in [4.69, 9.17) is 5.73 Å². The van der Waals surface area contributed by atoms with Crippen molar-refractivity contribution in [3.8, 4) is 0 Å². The maximum Gasteiger partial charge on any atom is 0.272 e. The number of carbonyl (C=O) groups excluding carboxylic acids is 3. The molecule has 2 bridgehead atoms. The lowest BCUT2D eigenvalue weighted by Crippen LogP contribution is -2.75. The van der Waals surface area contributed by atoms with Gasteiger partial charge < -0.3 is 29.7 Å². The molecule has 0 spiro atoms. The zero-order valence-corrected chi connectivity index (χ0v) is 24.7. The van der Waals surface area contributed by atoms with Crippen LogP contribution < -0.4 is 15.1 Å². The normalized spacial score (nSPS) is 31.4. The number of β-lactam (4-membered cyclic amide) rings is 1. The zero-order valence-electron chi connectivity index (χ0n) is 23.1. The van der Waals surface area contributed by atoms with Gasteiger partial charge in [0.25, 0.3) is 15.9 Å². The SMILES string of the molecule is CC(O)C1C(=O)N2C(C(=O)[O-])=C(CN3c4cccc5c(C[N+]67CC[N+](CC(N)=O)(CC6)CC7)ccc(c45)S3(=O)=O)SC12. The Morgan fingerprint density at radius 2 is 1.79 bits per heavy atom. The van der Waals surface area contributed by atoms with Crippen LogP contribution in [0.15, 0.2) is 45.8 Å². The number of hydrogen-bond donors (Lipinski definition) is 2. The quantitative estimate of drug-likeness (QED) is 0.279. The zero-order chi connectivity index (χ0) is 29.8. The molecule has 6 aliphatic heterocycles. The number of rotatable bonds is 8. The second-order valence-electron chi connectivity index (χ2n) is 12.3. The van der Waals surface area contributed by atoms with Gasteiger partial charge in [0.15, 0.2) is 6.54 Å². The summed E-state index contributed by atoms with van der Waals surface area (Å²) in [5.74, 6) is -3.10. The van der Waals surface area contributed by atoms with Crippen LogP contribution in [0.25, 0.3) is 10.8 Å². The number of aliphatic hydroxyl groups is 1. The van der Waals surface area contributed by atoms with Gasteiger partial charge in [0.2, 0.25) is 5.91 Å². The monoisotopic (exact) mass is 614 g/mol. The van der Waals surface area contributed by atoms with Crippen molar-refractivity contribution in [2.24, 2.45) is 11.7 Å². The van der Waals surface area contributed by atoms with E-state index in [9.17, 15) is 33.0 Å². The van der Waals surface area contributed by atoms with Crippen LogP contribution in [-0.2, 0) is 31.0 Å². The van der Waals surface area contributed by atoms with E-state index in [0.717, 1.165) is 82.4 Å². The molecule has 0 radical (unpaired) electrons. The van der Waals surface area contributed by atoms with E-state index in [1.54, 1.807) is 12.1 Å². The number of amides is 2. The fourth-order valence-electron chi connectivity index (χ4n) is 7.59. The van der Waals surface area contributed by atoms with Gasteiger partial charge in [0.05, 0.1) is 40.8 Å². The van der Waals surface area contributed by atoms with Crippen LogP contribution in [0, 0.1) is 5.92 Å². The molecule has 222 valence electrons. The predicted octanol–water partition coefficient (Wildman–Crippen LogP) is -1.13. The molecule has 42 heavy (non-hydrogen) atoms. The molecule has 3 N–H and O–H groups in total. The number of piperazine rings is 3. The standard InChI is InChI=1S/C28H31N5O7S2/c1-16(34)23-26(36)31-25(28(37)38)20(41-27(23)31)13-30-19-4-2-3-18-17(5-6-21(24(18)19)42(30,39)40)14-32-7-10-33(11-8-32,12-9-32)15-22(29)35/h2-6,16,23,27,34H,7-15H2,1H3,(H-2,29,35,37,38)/p+1. The number of sulfonamides is 1. The van der Waals surface area contributed by atoms with E-state index in [1.165, 1.54) is 11.2 Å². The summed E-state index contributed by atoms with van der Waals surface area (Å²) in [4.78, 5) is 37.9. The molecule has 0 saturated carbocycles. The van der Waals surface area contributed by atoms with Crippen molar-refractivity contribution in [3.05, 3.63) is 46.5 Å². The number of fused-ring (bicyclic) bond motifs is 4. The lowest BCUT2D eigenvalue weighted by Gasteiger charge is -2.55. The van der Waals surface area contributed by atoms with Gasteiger partial charge in [0, 0.05) is 15.9 Å². The molecule has 0 aromatic heterocycles. The van der Waals surface area contributed by atoms with Crippen LogP contribution in [0.3, 0.4) is 0 Å². The van der Waals surface area contributed by atoms with E-state index < -0.39 is 39.3 Å². The molecule has 14 heteroatoms. The third kappa shape index (κ3) is 3.85. The van der Waals surface area contributed by atoms with Crippen LogP contribution in [0.1, 0.15) is 12.5 Å². The second-order valence-corrected chi connectivity index (χ2v) is 15.3. The van der Waals surface area contributed by atoms with E-state index in [-0.39, 0.29) is 27.9 Å². The number of nitrogens with zero attached hydrogens (tertiary/aromatic N) is 4. The molecule has 4 fully saturated rings. The maximum absolute atomic E-state index is 13.9. The molecule has 2 amide bonds. The molecule has 3 atom stereocenters. The molecule has 6 heterocycles. The molecule has 6 aliphatic rings. The third-order valence-corrected chi connectivity index (χ3v) is 13.1. The number of aliphatic carboxylic acids is 1.